The maximum absolute atomic E-state index is 14.9. The van der Waals surface area contributed by atoms with Crippen LogP contribution in [0.15, 0.2) is 36.4 Å². The maximum atomic E-state index is 14.9. The van der Waals surface area contributed by atoms with E-state index in [-0.39, 0.29) is 11.7 Å². The van der Waals surface area contributed by atoms with Gasteiger partial charge < -0.3 is 9.47 Å². The zero-order chi connectivity index (χ0) is 28.0. The molecule has 4 rings (SSSR count). The number of unbranched alkanes of at least 4 members (excludes halogenated alkanes) is 2. The number of hydrogen-bond acceptors (Lipinski definition) is 2. The van der Waals surface area contributed by atoms with Crippen molar-refractivity contribution < 1.29 is 35.8 Å². The van der Waals surface area contributed by atoms with Gasteiger partial charge in [-0.25, -0.2) is 8.78 Å². The molecule has 8 heteroatoms. The van der Waals surface area contributed by atoms with Crippen molar-refractivity contribution in [2.45, 2.75) is 103 Å². The van der Waals surface area contributed by atoms with Crippen molar-refractivity contribution in [3.63, 3.8) is 0 Å². The van der Waals surface area contributed by atoms with Gasteiger partial charge in [0.05, 0.1) is 0 Å². The van der Waals surface area contributed by atoms with Crippen LogP contribution in [0.2, 0.25) is 0 Å². The van der Waals surface area contributed by atoms with Gasteiger partial charge in [0.2, 0.25) is 0 Å². The Morgan fingerprint density at radius 1 is 0.795 bits per heavy atom. The van der Waals surface area contributed by atoms with Crippen LogP contribution in [0, 0.1) is 29.4 Å². The average Bonchev–Trinajstić information content (AvgIpc) is 2.89. The van der Waals surface area contributed by atoms with Gasteiger partial charge in [-0.3, -0.25) is 0 Å². The van der Waals surface area contributed by atoms with E-state index >= 15 is 0 Å². The van der Waals surface area contributed by atoms with Gasteiger partial charge in [-0.05, 0) is 104 Å². The Hall–Kier alpha value is -2.38. The van der Waals surface area contributed by atoms with Crippen LogP contribution >= 0.6 is 0 Å². The minimum atomic E-state index is -4.30. The lowest BCUT2D eigenvalue weighted by Gasteiger charge is -2.38. The molecule has 216 valence electrons. The number of halogens is 6. The van der Waals surface area contributed by atoms with E-state index in [4.69, 9.17) is 0 Å². The molecule has 0 atom stereocenters. The monoisotopic (exact) mass is 556 g/mol. The SMILES string of the molecule is CCCCCC1CCC(C2CCC(c3cc(F)c(C(F)(F)Oc4ccc(OC(F)F)cc4)c(F)c3)CC2)CC1. The van der Waals surface area contributed by atoms with Gasteiger partial charge in [0.1, 0.15) is 28.7 Å². The van der Waals surface area contributed by atoms with Crippen LogP contribution in [0.5, 0.6) is 11.5 Å². The van der Waals surface area contributed by atoms with Crippen LogP contribution in [0.1, 0.15) is 101 Å². The van der Waals surface area contributed by atoms with E-state index in [2.05, 4.69) is 16.4 Å². The predicted molar refractivity (Wildman–Crippen MR) is 138 cm³/mol. The van der Waals surface area contributed by atoms with Gasteiger partial charge in [-0.2, -0.15) is 17.6 Å². The Bertz CT molecular complexity index is 1020. The lowest BCUT2D eigenvalue weighted by atomic mass is 9.68. The van der Waals surface area contributed by atoms with Gasteiger partial charge in [0.15, 0.2) is 0 Å². The Kier molecular flexibility index (Phi) is 10.1. The van der Waals surface area contributed by atoms with Crippen LogP contribution in [-0.4, -0.2) is 6.61 Å². The molecule has 2 aromatic rings. The van der Waals surface area contributed by atoms with Crippen molar-refractivity contribution in [2.24, 2.45) is 17.8 Å². The molecule has 0 heterocycles. The molecular formula is C31H38F6O2. The third-order valence-electron chi connectivity index (χ3n) is 8.67. The number of rotatable bonds is 11. The highest BCUT2D eigenvalue weighted by Crippen LogP contribution is 2.45. The third kappa shape index (κ3) is 7.85. The van der Waals surface area contributed by atoms with Crippen LogP contribution in [0.4, 0.5) is 26.3 Å². The highest BCUT2D eigenvalue weighted by atomic mass is 19.3. The fraction of sp³-hybridized carbons (Fsp3) is 0.613. The molecule has 2 aliphatic rings. The van der Waals surface area contributed by atoms with Crippen molar-refractivity contribution in [3.8, 4) is 11.5 Å². The molecule has 0 unspecified atom stereocenters. The number of benzene rings is 2. The molecule has 2 fully saturated rings. The summed E-state index contributed by atoms with van der Waals surface area (Å²) in [4.78, 5) is 0. The summed E-state index contributed by atoms with van der Waals surface area (Å²) in [5.41, 5.74) is -1.07. The first kappa shape index (κ1) is 29.6. The molecule has 0 N–H and O–H groups in total. The minimum Gasteiger partial charge on any atom is -0.435 e. The lowest BCUT2D eigenvalue weighted by Crippen LogP contribution is -2.26. The summed E-state index contributed by atoms with van der Waals surface area (Å²) in [6.07, 6.45) is 9.63. The number of ether oxygens (including phenoxy) is 2. The molecule has 2 saturated carbocycles. The first-order chi connectivity index (χ1) is 18.7. The fourth-order valence-electron chi connectivity index (χ4n) is 6.55. The standard InChI is InChI=1S/C31H38F6O2/c1-2-3-4-5-20-6-8-21(9-7-20)22-10-12-23(13-11-22)24-18-27(32)29(28(33)19-24)31(36,37)39-26-16-14-25(15-17-26)38-30(34)35/h14-23,30H,2-13H2,1H3. The minimum absolute atomic E-state index is 0.0680. The van der Waals surface area contributed by atoms with Gasteiger partial charge in [0, 0.05) is 0 Å². The van der Waals surface area contributed by atoms with E-state index in [0.717, 1.165) is 73.9 Å². The smallest absolute Gasteiger partial charge is 0.432 e. The first-order valence-electron chi connectivity index (χ1n) is 14.3. The zero-order valence-corrected chi connectivity index (χ0v) is 22.4. The Morgan fingerprint density at radius 2 is 1.33 bits per heavy atom. The van der Waals surface area contributed by atoms with Crippen molar-refractivity contribution >= 4 is 0 Å². The topological polar surface area (TPSA) is 18.5 Å². The van der Waals surface area contributed by atoms with Gasteiger partial charge in [-0.1, -0.05) is 45.4 Å². The fourth-order valence-corrected chi connectivity index (χ4v) is 6.55. The van der Waals surface area contributed by atoms with E-state index < -0.39 is 35.7 Å². The van der Waals surface area contributed by atoms with E-state index in [9.17, 15) is 26.3 Å². The third-order valence-corrected chi connectivity index (χ3v) is 8.67. The van der Waals surface area contributed by atoms with Crippen LogP contribution in [-0.2, 0) is 6.11 Å². The molecule has 2 aliphatic carbocycles. The molecule has 39 heavy (non-hydrogen) atoms. The first-order valence-corrected chi connectivity index (χ1v) is 14.3. The summed E-state index contributed by atoms with van der Waals surface area (Å²) in [6, 6.07) is 5.94. The molecule has 0 bridgehead atoms. The molecule has 0 saturated heterocycles. The molecule has 2 nitrogen and oxygen atoms in total. The van der Waals surface area contributed by atoms with Gasteiger partial charge in [-0.15, -0.1) is 0 Å². The Balaban J connectivity index is 1.33. The van der Waals surface area contributed by atoms with Crippen LogP contribution in [0.25, 0.3) is 0 Å². The average molecular weight is 557 g/mol. The van der Waals surface area contributed by atoms with E-state index in [0.29, 0.717) is 11.5 Å². The second-order valence-electron chi connectivity index (χ2n) is 11.2. The van der Waals surface area contributed by atoms with Crippen molar-refractivity contribution in [2.75, 3.05) is 0 Å². The number of alkyl halides is 4. The summed E-state index contributed by atoms with van der Waals surface area (Å²) in [5, 5.41) is 0. The van der Waals surface area contributed by atoms with Crippen LogP contribution in [0.3, 0.4) is 0 Å². The normalized spacial score (nSPS) is 24.1. The van der Waals surface area contributed by atoms with E-state index in [1.165, 1.54) is 51.4 Å². The second-order valence-corrected chi connectivity index (χ2v) is 11.2. The van der Waals surface area contributed by atoms with Crippen LogP contribution < -0.4 is 9.47 Å². The van der Waals surface area contributed by atoms with Gasteiger partial charge in [0.25, 0.3) is 0 Å². The maximum Gasteiger partial charge on any atom is 0.432 e. The lowest BCUT2D eigenvalue weighted by molar-refractivity contribution is -0.189. The molecule has 0 spiro atoms. The summed E-state index contributed by atoms with van der Waals surface area (Å²) < 4.78 is 92.6. The Morgan fingerprint density at radius 3 is 1.87 bits per heavy atom. The molecule has 0 aromatic heterocycles. The predicted octanol–water partition coefficient (Wildman–Crippen LogP) is 10.4. The summed E-state index contributed by atoms with van der Waals surface area (Å²) in [5.74, 6) is -1.30. The summed E-state index contributed by atoms with van der Waals surface area (Å²) in [6.45, 7) is -0.843. The zero-order valence-electron chi connectivity index (χ0n) is 22.4. The summed E-state index contributed by atoms with van der Waals surface area (Å²) >= 11 is 0. The van der Waals surface area contributed by atoms with Crippen molar-refractivity contribution in [1.82, 2.24) is 0 Å². The second kappa shape index (κ2) is 13.3. The molecule has 0 amide bonds. The Labute approximate surface area is 227 Å². The quantitative estimate of drug-likeness (QED) is 0.202. The summed E-state index contributed by atoms with van der Waals surface area (Å²) in [7, 11) is 0. The largest absolute Gasteiger partial charge is 0.435 e. The van der Waals surface area contributed by atoms with Gasteiger partial charge >= 0.3 is 12.7 Å². The molecule has 0 radical (unpaired) electrons. The molecule has 0 aliphatic heterocycles. The van der Waals surface area contributed by atoms with Crippen molar-refractivity contribution in [3.05, 3.63) is 59.2 Å². The van der Waals surface area contributed by atoms with E-state index in [1.54, 1.807) is 0 Å². The number of hydrogen-bond donors (Lipinski definition) is 0. The molecular weight excluding hydrogens is 518 g/mol. The molecule has 2 aromatic carbocycles. The highest BCUT2D eigenvalue weighted by Gasteiger charge is 2.42. The van der Waals surface area contributed by atoms with E-state index in [1.807, 2.05) is 0 Å². The van der Waals surface area contributed by atoms with Crippen molar-refractivity contribution in [1.29, 1.82) is 0 Å². The highest BCUT2D eigenvalue weighted by molar-refractivity contribution is 5.34.